The molecule has 1 heterocycles. The molecule has 3 nitrogen and oxygen atoms in total. The largest absolute Gasteiger partial charge is 0.415 e. The fourth-order valence-electron chi connectivity index (χ4n) is 2.61. The molecule has 1 aliphatic heterocycles. The molecule has 0 spiro atoms. The van der Waals surface area contributed by atoms with Crippen LogP contribution >= 0.6 is 0 Å². The van der Waals surface area contributed by atoms with Gasteiger partial charge in [-0.1, -0.05) is 56.5 Å². The Labute approximate surface area is 127 Å². The van der Waals surface area contributed by atoms with Crippen molar-refractivity contribution in [3.63, 3.8) is 0 Å². The van der Waals surface area contributed by atoms with E-state index < -0.39 is 0 Å². The quantitative estimate of drug-likeness (QED) is 0.701. The van der Waals surface area contributed by atoms with Gasteiger partial charge in [0.25, 0.3) is 0 Å². The monoisotopic (exact) mass is 287 g/mol. The summed E-state index contributed by atoms with van der Waals surface area (Å²) < 4.78 is 5.50. The van der Waals surface area contributed by atoms with Gasteiger partial charge >= 0.3 is 6.09 Å². The van der Waals surface area contributed by atoms with Crippen LogP contribution in [0.4, 0.5) is 4.79 Å². The number of hydrogen-bond donors (Lipinski definition) is 0. The molecule has 1 saturated heterocycles. The van der Waals surface area contributed by atoms with Gasteiger partial charge in [0, 0.05) is 6.54 Å². The fourth-order valence-corrected chi connectivity index (χ4v) is 2.61. The van der Waals surface area contributed by atoms with Crippen molar-refractivity contribution in [2.75, 3.05) is 6.54 Å². The van der Waals surface area contributed by atoms with Crippen LogP contribution < -0.4 is 0 Å². The van der Waals surface area contributed by atoms with E-state index in [2.05, 4.69) is 6.92 Å². The van der Waals surface area contributed by atoms with E-state index in [-0.39, 0.29) is 11.6 Å². The lowest BCUT2D eigenvalue weighted by Crippen LogP contribution is -2.41. The number of carbonyl (C=O) groups is 1. The molecule has 2 rings (SSSR count). The van der Waals surface area contributed by atoms with Crippen LogP contribution in [0.25, 0.3) is 6.08 Å². The third kappa shape index (κ3) is 3.66. The third-order valence-electron chi connectivity index (χ3n) is 4.03. The van der Waals surface area contributed by atoms with E-state index >= 15 is 0 Å². The van der Waals surface area contributed by atoms with Gasteiger partial charge in [-0.05, 0) is 31.9 Å². The molecule has 114 valence electrons. The Kier molecular flexibility index (Phi) is 5.05. The predicted molar refractivity (Wildman–Crippen MR) is 85.8 cm³/mol. The zero-order valence-electron chi connectivity index (χ0n) is 13.3. The summed E-state index contributed by atoms with van der Waals surface area (Å²) in [5.74, 6) is 0.731. The van der Waals surface area contributed by atoms with E-state index in [1.807, 2.05) is 55.2 Å². The Bertz CT molecular complexity index is 505. The van der Waals surface area contributed by atoms with Gasteiger partial charge in [0.1, 0.15) is 5.76 Å². The van der Waals surface area contributed by atoms with Gasteiger partial charge in [-0.25, -0.2) is 4.79 Å². The molecule has 1 amide bonds. The number of carbonyl (C=O) groups excluding carboxylic acids is 1. The maximum atomic E-state index is 12.1. The maximum Gasteiger partial charge on any atom is 0.415 e. The van der Waals surface area contributed by atoms with Crippen molar-refractivity contribution < 1.29 is 9.53 Å². The summed E-state index contributed by atoms with van der Waals surface area (Å²) >= 11 is 0. The molecule has 3 heteroatoms. The molecule has 1 aromatic carbocycles. The lowest BCUT2D eigenvalue weighted by Gasteiger charge is -2.28. The van der Waals surface area contributed by atoms with Gasteiger partial charge in [-0.3, -0.25) is 4.90 Å². The molecule has 21 heavy (non-hydrogen) atoms. The van der Waals surface area contributed by atoms with Crippen LogP contribution in [0.2, 0.25) is 0 Å². The number of rotatable bonds is 6. The summed E-state index contributed by atoms with van der Waals surface area (Å²) in [5, 5.41) is 0. The van der Waals surface area contributed by atoms with E-state index in [9.17, 15) is 4.79 Å². The molecule has 0 bridgehead atoms. The summed E-state index contributed by atoms with van der Waals surface area (Å²) in [7, 11) is 0. The van der Waals surface area contributed by atoms with Gasteiger partial charge < -0.3 is 4.74 Å². The Morgan fingerprint density at radius 2 is 1.86 bits per heavy atom. The zero-order valence-corrected chi connectivity index (χ0v) is 13.3. The van der Waals surface area contributed by atoms with E-state index in [4.69, 9.17) is 4.74 Å². The average Bonchev–Trinajstić information content (AvgIpc) is 2.67. The Morgan fingerprint density at radius 3 is 2.52 bits per heavy atom. The maximum absolute atomic E-state index is 12.1. The highest BCUT2D eigenvalue weighted by molar-refractivity contribution is 5.76. The molecule has 1 fully saturated rings. The highest BCUT2D eigenvalue weighted by Crippen LogP contribution is 2.34. The first-order valence-electron chi connectivity index (χ1n) is 7.82. The van der Waals surface area contributed by atoms with Gasteiger partial charge in [-0.2, -0.15) is 0 Å². The Hall–Kier alpha value is -1.77. The van der Waals surface area contributed by atoms with Crippen molar-refractivity contribution in [3.8, 4) is 0 Å². The molecular weight excluding hydrogens is 262 g/mol. The molecule has 0 unspecified atom stereocenters. The molecule has 0 aromatic heterocycles. The molecule has 0 aliphatic carbocycles. The first kappa shape index (κ1) is 15.6. The highest BCUT2D eigenvalue weighted by Gasteiger charge is 2.44. The smallest absolute Gasteiger partial charge is 0.412 e. The summed E-state index contributed by atoms with van der Waals surface area (Å²) in [5.41, 5.74) is 0.681. The van der Waals surface area contributed by atoms with Crippen molar-refractivity contribution >= 4 is 12.2 Å². The van der Waals surface area contributed by atoms with Crippen LogP contribution in [0.3, 0.4) is 0 Å². The third-order valence-corrected chi connectivity index (χ3v) is 4.03. The number of cyclic esters (lactones) is 1. The minimum atomic E-state index is -0.376. The average molecular weight is 287 g/mol. The number of unbranched alkanes of at least 4 members (excludes halogenated alkanes) is 3. The van der Waals surface area contributed by atoms with Crippen molar-refractivity contribution in [2.45, 2.75) is 52.0 Å². The predicted octanol–water partition coefficient (Wildman–Crippen LogP) is 4.84. The van der Waals surface area contributed by atoms with Crippen molar-refractivity contribution in [2.24, 2.45) is 0 Å². The number of benzene rings is 1. The Morgan fingerprint density at radius 1 is 1.14 bits per heavy atom. The molecular formula is C18H25NO2. The van der Waals surface area contributed by atoms with Gasteiger partial charge in [0.2, 0.25) is 0 Å². The number of nitrogens with zero attached hydrogens (tertiary/aromatic N) is 1. The van der Waals surface area contributed by atoms with Crippen molar-refractivity contribution in [3.05, 3.63) is 41.7 Å². The van der Waals surface area contributed by atoms with Gasteiger partial charge in [0.05, 0.1) is 5.54 Å². The molecule has 0 N–H and O–H groups in total. The SMILES string of the molecule is CCCCCCN1C(=O)O/C(=C\c2ccccc2)C1(C)C. The summed E-state index contributed by atoms with van der Waals surface area (Å²) in [6.07, 6.45) is 6.35. The van der Waals surface area contributed by atoms with E-state index in [0.717, 1.165) is 30.7 Å². The lowest BCUT2D eigenvalue weighted by atomic mass is 9.99. The highest BCUT2D eigenvalue weighted by atomic mass is 16.6. The number of hydrogen-bond acceptors (Lipinski definition) is 2. The van der Waals surface area contributed by atoms with Gasteiger partial charge in [0.15, 0.2) is 0 Å². The van der Waals surface area contributed by atoms with Gasteiger partial charge in [-0.15, -0.1) is 0 Å². The number of amides is 1. The van der Waals surface area contributed by atoms with Crippen LogP contribution in [-0.4, -0.2) is 23.1 Å². The van der Waals surface area contributed by atoms with E-state index in [1.165, 1.54) is 12.8 Å². The van der Waals surface area contributed by atoms with Crippen molar-refractivity contribution in [1.29, 1.82) is 0 Å². The second-order valence-corrected chi connectivity index (χ2v) is 6.06. The molecule has 1 aromatic rings. The molecule has 0 saturated carbocycles. The molecule has 0 radical (unpaired) electrons. The second-order valence-electron chi connectivity index (χ2n) is 6.06. The lowest BCUT2D eigenvalue weighted by molar-refractivity contribution is 0.156. The second kappa shape index (κ2) is 6.79. The normalized spacial score (nSPS) is 19.1. The first-order valence-corrected chi connectivity index (χ1v) is 7.82. The fraction of sp³-hybridized carbons (Fsp3) is 0.500. The molecule has 0 atom stereocenters. The summed E-state index contributed by atoms with van der Waals surface area (Å²) in [6, 6.07) is 9.98. The molecule has 1 aliphatic rings. The van der Waals surface area contributed by atoms with Crippen LogP contribution in [0.1, 0.15) is 52.0 Å². The topological polar surface area (TPSA) is 29.5 Å². The summed E-state index contributed by atoms with van der Waals surface area (Å²) in [4.78, 5) is 14.0. The van der Waals surface area contributed by atoms with Crippen LogP contribution in [0.5, 0.6) is 0 Å². The van der Waals surface area contributed by atoms with Crippen LogP contribution in [-0.2, 0) is 4.74 Å². The van der Waals surface area contributed by atoms with Crippen LogP contribution in [0.15, 0.2) is 36.1 Å². The minimum absolute atomic E-state index is 0.223. The zero-order chi connectivity index (χ0) is 15.3. The standard InChI is InChI=1S/C18H25NO2/c1-4-5-6-10-13-19-17(20)21-16(18(19,2)3)14-15-11-8-7-9-12-15/h7-9,11-12,14H,4-6,10,13H2,1-3H3/b16-14-. The Balaban J connectivity index is 2.09. The number of ether oxygens (including phenoxy) is 1. The minimum Gasteiger partial charge on any atom is -0.412 e. The van der Waals surface area contributed by atoms with E-state index in [1.54, 1.807) is 0 Å². The summed E-state index contributed by atoms with van der Waals surface area (Å²) in [6.45, 7) is 7.05. The van der Waals surface area contributed by atoms with E-state index in [0.29, 0.717) is 0 Å². The first-order chi connectivity index (χ1) is 10.1. The van der Waals surface area contributed by atoms with Crippen molar-refractivity contribution in [1.82, 2.24) is 4.90 Å². The van der Waals surface area contributed by atoms with Crippen LogP contribution in [0, 0.1) is 0 Å².